The van der Waals surface area contributed by atoms with Crippen LogP contribution in [0.5, 0.6) is 0 Å². The number of halogens is 2. The average molecular weight is 416 g/mol. The molecule has 1 saturated heterocycles. The van der Waals surface area contributed by atoms with Gasteiger partial charge in [0, 0.05) is 45.0 Å². The van der Waals surface area contributed by atoms with Gasteiger partial charge in [-0.1, -0.05) is 24.3 Å². The lowest BCUT2D eigenvalue weighted by Gasteiger charge is -2.34. The van der Waals surface area contributed by atoms with Crippen LogP contribution in [0, 0.1) is 11.6 Å². The highest BCUT2D eigenvalue weighted by molar-refractivity contribution is 6.39. The molecule has 30 heavy (non-hydrogen) atoms. The van der Waals surface area contributed by atoms with Crippen LogP contribution < -0.4 is 10.6 Å². The maximum absolute atomic E-state index is 13.8. The van der Waals surface area contributed by atoms with E-state index in [2.05, 4.69) is 10.6 Å². The van der Waals surface area contributed by atoms with Crippen molar-refractivity contribution < 1.29 is 23.2 Å². The molecule has 2 N–H and O–H groups in total. The average Bonchev–Trinajstić information content (AvgIpc) is 2.74. The van der Waals surface area contributed by atoms with Crippen molar-refractivity contribution in [1.82, 2.24) is 15.1 Å². The molecular weight excluding hydrogens is 394 g/mol. The second kappa shape index (κ2) is 9.93. The lowest BCUT2D eigenvalue weighted by molar-refractivity contribution is -0.136. The molecule has 2 aromatic rings. The van der Waals surface area contributed by atoms with Crippen molar-refractivity contribution in [2.45, 2.75) is 0 Å². The molecular formula is C21H22F2N4O3. The van der Waals surface area contributed by atoms with Gasteiger partial charge in [-0.2, -0.15) is 0 Å². The van der Waals surface area contributed by atoms with Gasteiger partial charge in [0.05, 0.1) is 0 Å². The summed E-state index contributed by atoms with van der Waals surface area (Å²) in [5, 5.41) is 5.06. The Morgan fingerprint density at radius 2 is 1.47 bits per heavy atom. The number of amides is 3. The van der Waals surface area contributed by atoms with E-state index in [0.29, 0.717) is 38.4 Å². The van der Waals surface area contributed by atoms with E-state index in [-0.39, 0.29) is 6.54 Å². The normalized spacial score (nSPS) is 14.3. The first-order chi connectivity index (χ1) is 14.5. The van der Waals surface area contributed by atoms with E-state index >= 15 is 0 Å². The third-order valence-corrected chi connectivity index (χ3v) is 4.79. The molecule has 0 unspecified atom stereocenters. The molecule has 0 bridgehead atoms. The maximum atomic E-state index is 13.8. The van der Waals surface area contributed by atoms with Crippen molar-refractivity contribution in [2.75, 3.05) is 44.6 Å². The van der Waals surface area contributed by atoms with E-state index in [1.165, 1.54) is 11.0 Å². The fraction of sp³-hybridized carbons (Fsp3) is 0.286. The van der Waals surface area contributed by atoms with E-state index in [1.54, 1.807) is 30.3 Å². The zero-order chi connectivity index (χ0) is 21.5. The molecule has 3 amide bonds. The van der Waals surface area contributed by atoms with Gasteiger partial charge in [0.2, 0.25) is 0 Å². The molecule has 7 nitrogen and oxygen atoms in total. The zero-order valence-corrected chi connectivity index (χ0v) is 16.2. The number of hydrogen-bond acceptors (Lipinski definition) is 4. The lowest BCUT2D eigenvalue weighted by Crippen LogP contribution is -2.51. The van der Waals surface area contributed by atoms with E-state index < -0.39 is 34.9 Å². The summed E-state index contributed by atoms with van der Waals surface area (Å²) in [6, 6.07) is 12.0. The first kappa shape index (κ1) is 21.4. The van der Waals surface area contributed by atoms with Crippen molar-refractivity contribution in [3.8, 4) is 0 Å². The predicted molar refractivity (Wildman–Crippen MR) is 107 cm³/mol. The smallest absolute Gasteiger partial charge is 0.313 e. The van der Waals surface area contributed by atoms with Crippen molar-refractivity contribution in [3.63, 3.8) is 0 Å². The fourth-order valence-corrected chi connectivity index (χ4v) is 3.15. The summed E-state index contributed by atoms with van der Waals surface area (Å²) in [5.74, 6) is -3.90. The molecule has 0 radical (unpaired) electrons. The Hall–Kier alpha value is -3.33. The molecule has 0 saturated carbocycles. The minimum Gasteiger partial charge on any atom is -0.347 e. The Morgan fingerprint density at radius 3 is 2.10 bits per heavy atom. The van der Waals surface area contributed by atoms with E-state index in [1.807, 2.05) is 4.90 Å². The van der Waals surface area contributed by atoms with E-state index in [4.69, 9.17) is 0 Å². The van der Waals surface area contributed by atoms with Gasteiger partial charge in [-0.05, 0) is 24.3 Å². The lowest BCUT2D eigenvalue weighted by atomic mass is 10.1. The monoisotopic (exact) mass is 416 g/mol. The third kappa shape index (κ3) is 5.38. The summed E-state index contributed by atoms with van der Waals surface area (Å²) in [4.78, 5) is 39.6. The standard InChI is InChI=1S/C21H22F2N4O3/c22-16-7-4-8-17(23)18(16)21(30)27-13-11-26(12-14-27)10-9-24-19(28)20(29)25-15-5-2-1-3-6-15/h1-8H,9-14H2,(H,24,28)(H,25,29). The number of nitrogens with zero attached hydrogens (tertiary/aromatic N) is 2. The minimum atomic E-state index is -0.876. The van der Waals surface area contributed by atoms with Crippen molar-refractivity contribution in [2.24, 2.45) is 0 Å². The number of para-hydroxylation sites is 1. The second-order valence-corrected chi connectivity index (χ2v) is 6.81. The van der Waals surface area contributed by atoms with Gasteiger partial charge in [0.25, 0.3) is 5.91 Å². The molecule has 0 aliphatic carbocycles. The van der Waals surface area contributed by atoms with Gasteiger partial charge in [-0.25, -0.2) is 8.78 Å². The number of benzene rings is 2. The summed E-state index contributed by atoms with van der Waals surface area (Å²) < 4.78 is 27.6. The molecule has 9 heteroatoms. The number of anilines is 1. The Morgan fingerprint density at radius 1 is 0.833 bits per heavy atom. The molecule has 1 aliphatic rings. The first-order valence-corrected chi connectivity index (χ1v) is 9.55. The molecule has 0 spiro atoms. The summed E-state index contributed by atoms with van der Waals surface area (Å²) in [7, 11) is 0. The van der Waals surface area contributed by atoms with Crippen LogP contribution in [-0.4, -0.2) is 66.8 Å². The van der Waals surface area contributed by atoms with E-state index in [0.717, 1.165) is 12.1 Å². The summed E-state index contributed by atoms with van der Waals surface area (Å²) >= 11 is 0. The predicted octanol–water partition coefficient (Wildman–Crippen LogP) is 1.48. The number of carbonyl (C=O) groups is 3. The first-order valence-electron chi connectivity index (χ1n) is 9.55. The quantitative estimate of drug-likeness (QED) is 0.724. The molecule has 0 atom stereocenters. The van der Waals surface area contributed by atoms with Gasteiger partial charge in [0.15, 0.2) is 0 Å². The molecule has 2 aromatic carbocycles. The van der Waals surface area contributed by atoms with Crippen LogP contribution in [0.1, 0.15) is 10.4 Å². The molecule has 3 rings (SSSR count). The molecule has 1 heterocycles. The minimum absolute atomic E-state index is 0.261. The summed E-state index contributed by atoms with van der Waals surface area (Å²) in [5.41, 5.74) is -0.00706. The fourth-order valence-electron chi connectivity index (χ4n) is 3.15. The Kier molecular flexibility index (Phi) is 7.08. The number of hydrogen-bond donors (Lipinski definition) is 2. The van der Waals surface area contributed by atoms with Gasteiger partial charge >= 0.3 is 11.8 Å². The van der Waals surface area contributed by atoms with Crippen LogP contribution in [-0.2, 0) is 9.59 Å². The van der Waals surface area contributed by atoms with Crippen LogP contribution in [0.4, 0.5) is 14.5 Å². The van der Waals surface area contributed by atoms with Crippen LogP contribution in [0.3, 0.4) is 0 Å². The topological polar surface area (TPSA) is 81.8 Å². The zero-order valence-electron chi connectivity index (χ0n) is 16.2. The Labute approximate surface area is 172 Å². The van der Waals surface area contributed by atoms with Crippen molar-refractivity contribution in [3.05, 3.63) is 65.7 Å². The Bertz CT molecular complexity index is 895. The largest absolute Gasteiger partial charge is 0.347 e. The number of nitrogens with one attached hydrogen (secondary N) is 2. The van der Waals surface area contributed by atoms with Gasteiger partial charge < -0.3 is 15.5 Å². The molecule has 1 aliphatic heterocycles. The van der Waals surface area contributed by atoms with Crippen LogP contribution >= 0.6 is 0 Å². The summed E-state index contributed by atoms with van der Waals surface area (Å²) in [6.07, 6.45) is 0. The molecule has 1 fully saturated rings. The molecule has 158 valence electrons. The van der Waals surface area contributed by atoms with E-state index in [9.17, 15) is 23.2 Å². The van der Waals surface area contributed by atoms with Crippen LogP contribution in [0.15, 0.2) is 48.5 Å². The van der Waals surface area contributed by atoms with Crippen LogP contribution in [0.2, 0.25) is 0 Å². The van der Waals surface area contributed by atoms with Crippen molar-refractivity contribution in [1.29, 1.82) is 0 Å². The van der Waals surface area contributed by atoms with Crippen LogP contribution in [0.25, 0.3) is 0 Å². The number of rotatable bonds is 5. The number of carbonyl (C=O) groups excluding carboxylic acids is 3. The van der Waals surface area contributed by atoms with Gasteiger partial charge in [-0.15, -0.1) is 0 Å². The molecule has 0 aromatic heterocycles. The highest BCUT2D eigenvalue weighted by atomic mass is 19.1. The third-order valence-electron chi connectivity index (χ3n) is 4.79. The number of piperazine rings is 1. The van der Waals surface area contributed by atoms with Gasteiger partial charge in [0.1, 0.15) is 17.2 Å². The Balaban J connectivity index is 1.40. The highest BCUT2D eigenvalue weighted by Gasteiger charge is 2.26. The SMILES string of the molecule is O=C(NCCN1CCN(C(=O)c2c(F)cccc2F)CC1)C(=O)Nc1ccccc1. The van der Waals surface area contributed by atoms with Crippen molar-refractivity contribution >= 4 is 23.4 Å². The second-order valence-electron chi connectivity index (χ2n) is 6.81. The summed E-state index contributed by atoms with van der Waals surface area (Å²) in [6.45, 7) is 2.36. The highest BCUT2D eigenvalue weighted by Crippen LogP contribution is 2.16. The van der Waals surface area contributed by atoms with Gasteiger partial charge in [-0.3, -0.25) is 19.3 Å². The maximum Gasteiger partial charge on any atom is 0.313 e.